The highest BCUT2D eigenvalue weighted by atomic mass is 19.1. The van der Waals surface area contributed by atoms with Crippen LogP contribution in [-0.2, 0) is 21.4 Å². The normalized spacial score (nSPS) is 14.9. The van der Waals surface area contributed by atoms with E-state index in [1.165, 1.54) is 12.1 Å². The van der Waals surface area contributed by atoms with Crippen LogP contribution in [0.1, 0.15) is 30.4 Å². The van der Waals surface area contributed by atoms with E-state index in [1.54, 1.807) is 12.1 Å². The van der Waals surface area contributed by atoms with Crippen molar-refractivity contribution in [2.24, 2.45) is 0 Å². The van der Waals surface area contributed by atoms with Gasteiger partial charge in [-0.3, -0.25) is 20.4 Å². The average Bonchev–Trinajstić information content (AvgIpc) is 2.67. The fourth-order valence-corrected chi connectivity index (χ4v) is 3.86. The first-order valence-electron chi connectivity index (χ1n) is 9.40. The molecule has 28 heavy (non-hydrogen) atoms. The number of carbonyl (C=O) groups excluding carboxylic acids is 2. The third-order valence-corrected chi connectivity index (χ3v) is 5.58. The molecule has 2 N–H and O–H groups in total. The number of hydrogen-bond donors (Lipinski definition) is 2. The first-order chi connectivity index (χ1) is 13.6. The van der Waals surface area contributed by atoms with E-state index in [4.69, 9.17) is 0 Å². The monoisotopic (exact) mass is 376 g/mol. The number of hydrazine groups is 1. The van der Waals surface area contributed by atoms with E-state index in [9.17, 15) is 14.0 Å². The van der Waals surface area contributed by atoms with E-state index < -0.39 is 5.41 Å². The van der Waals surface area contributed by atoms with Gasteiger partial charge in [-0.2, -0.15) is 0 Å². The first kappa shape index (κ1) is 18.2. The van der Waals surface area contributed by atoms with Crippen LogP contribution in [-0.4, -0.2) is 11.8 Å². The molecule has 142 valence electrons. The summed E-state index contributed by atoms with van der Waals surface area (Å²) in [5.74, 6) is -0.864. The number of nitrogens with one attached hydrogen (secondary N) is 2. The zero-order valence-electron chi connectivity index (χ0n) is 15.4. The molecule has 0 unspecified atom stereocenters. The average molecular weight is 376 g/mol. The SMILES string of the molecule is O=C(Cc1cccc2ccccc12)NNC(=O)C1(c2ccc(F)cc2)CCC1. The van der Waals surface area contributed by atoms with Crippen molar-refractivity contribution >= 4 is 22.6 Å². The number of rotatable bonds is 4. The Morgan fingerprint density at radius 2 is 1.61 bits per heavy atom. The predicted molar refractivity (Wildman–Crippen MR) is 106 cm³/mol. The Labute approximate surface area is 162 Å². The van der Waals surface area contributed by atoms with Gasteiger partial charge in [0.1, 0.15) is 5.82 Å². The van der Waals surface area contributed by atoms with Crippen LogP contribution in [0, 0.1) is 5.82 Å². The van der Waals surface area contributed by atoms with E-state index in [2.05, 4.69) is 10.9 Å². The number of halogens is 1. The van der Waals surface area contributed by atoms with E-state index in [-0.39, 0.29) is 24.1 Å². The van der Waals surface area contributed by atoms with E-state index >= 15 is 0 Å². The van der Waals surface area contributed by atoms with Gasteiger partial charge in [0.25, 0.3) is 0 Å². The summed E-state index contributed by atoms with van der Waals surface area (Å²) in [6.07, 6.45) is 2.47. The van der Waals surface area contributed by atoms with Gasteiger partial charge >= 0.3 is 0 Å². The smallest absolute Gasteiger partial charge is 0.249 e. The van der Waals surface area contributed by atoms with Crippen LogP contribution >= 0.6 is 0 Å². The minimum absolute atomic E-state index is 0.172. The van der Waals surface area contributed by atoms with Crippen molar-refractivity contribution in [2.75, 3.05) is 0 Å². The van der Waals surface area contributed by atoms with Crippen LogP contribution < -0.4 is 10.9 Å². The molecule has 0 aromatic heterocycles. The maximum absolute atomic E-state index is 13.2. The highest BCUT2D eigenvalue weighted by Crippen LogP contribution is 2.43. The second kappa shape index (κ2) is 7.43. The Morgan fingerprint density at radius 1 is 0.893 bits per heavy atom. The van der Waals surface area contributed by atoms with Gasteiger partial charge in [-0.1, -0.05) is 61.0 Å². The Bertz CT molecular complexity index is 1020. The van der Waals surface area contributed by atoms with Crippen molar-refractivity contribution < 1.29 is 14.0 Å². The number of carbonyl (C=O) groups is 2. The molecule has 1 aliphatic carbocycles. The highest BCUT2D eigenvalue weighted by molar-refractivity contribution is 5.93. The molecule has 2 amide bonds. The molecule has 4 nitrogen and oxygen atoms in total. The Morgan fingerprint density at radius 3 is 2.32 bits per heavy atom. The summed E-state index contributed by atoms with van der Waals surface area (Å²) >= 11 is 0. The highest BCUT2D eigenvalue weighted by Gasteiger charge is 2.45. The molecule has 0 atom stereocenters. The van der Waals surface area contributed by atoms with Crippen molar-refractivity contribution in [3.63, 3.8) is 0 Å². The largest absolute Gasteiger partial charge is 0.273 e. The lowest BCUT2D eigenvalue weighted by Gasteiger charge is -2.40. The second-order valence-electron chi connectivity index (χ2n) is 7.26. The lowest BCUT2D eigenvalue weighted by Crippen LogP contribution is -2.54. The maximum atomic E-state index is 13.2. The fraction of sp³-hybridized carbons (Fsp3) is 0.217. The molecule has 1 aliphatic rings. The Balaban J connectivity index is 1.43. The van der Waals surface area contributed by atoms with Crippen LogP contribution in [0.4, 0.5) is 4.39 Å². The van der Waals surface area contributed by atoms with Crippen molar-refractivity contribution in [1.29, 1.82) is 0 Å². The van der Waals surface area contributed by atoms with Gasteiger partial charge in [0.05, 0.1) is 11.8 Å². The number of hydrogen-bond acceptors (Lipinski definition) is 2. The van der Waals surface area contributed by atoms with Crippen molar-refractivity contribution in [2.45, 2.75) is 31.1 Å². The van der Waals surface area contributed by atoms with Gasteiger partial charge in [0, 0.05) is 0 Å². The second-order valence-corrected chi connectivity index (χ2v) is 7.26. The molecule has 0 radical (unpaired) electrons. The molecular formula is C23H21FN2O2. The van der Waals surface area contributed by atoms with Crippen molar-refractivity contribution in [1.82, 2.24) is 10.9 Å². The Kier molecular flexibility index (Phi) is 4.82. The topological polar surface area (TPSA) is 58.2 Å². The standard InChI is InChI=1S/C23H21FN2O2/c24-19-11-9-18(10-12-19)23(13-4-14-23)22(28)26-25-21(27)15-17-7-3-6-16-5-1-2-8-20(16)17/h1-3,5-12H,4,13-15H2,(H,25,27)(H,26,28). The minimum atomic E-state index is -0.694. The molecule has 0 heterocycles. The predicted octanol–water partition coefficient (Wildman–Crippen LogP) is 3.79. The van der Waals surface area contributed by atoms with Gasteiger partial charge < -0.3 is 0 Å². The molecule has 0 bridgehead atoms. The minimum Gasteiger partial charge on any atom is -0.273 e. The summed E-state index contributed by atoms with van der Waals surface area (Å²) in [5, 5.41) is 2.09. The fourth-order valence-electron chi connectivity index (χ4n) is 3.86. The van der Waals surface area contributed by atoms with Gasteiger partial charge in [-0.25, -0.2) is 4.39 Å². The van der Waals surface area contributed by atoms with Crippen molar-refractivity contribution in [3.05, 3.63) is 83.7 Å². The van der Waals surface area contributed by atoms with Crippen LogP contribution in [0.2, 0.25) is 0 Å². The van der Waals surface area contributed by atoms with Crippen LogP contribution in [0.15, 0.2) is 66.7 Å². The third-order valence-electron chi connectivity index (χ3n) is 5.58. The molecule has 3 aromatic rings. The van der Waals surface area contributed by atoms with Gasteiger partial charge in [0.2, 0.25) is 11.8 Å². The van der Waals surface area contributed by atoms with Crippen LogP contribution in [0.3, 0.4) is 0 Å². The summed E-state index contributed by atoms with van der Waals surface area (Å²) < 4.78 is 13.2. The lowest BCUT2D eigenvalue weighted by atomic mass is 9.64. The molecule has 0 aliphatic heterocycles. The quantitative estimate of drug-likeness (QED) is 0.681. The molecule has 4 rings (SSSR count). The van der Waals surface area contributed by atoms with E-state index in [0.717, 1.165) is 28.3 Å². The van der Waals surface area contributed by atoms with Gasteiger partial charge in [-0.05, 0) is 46.9 Å². The molecule has 0 spiro atoms. The van der Waals surface area contributed by atoms with Crippen LogP contribution in [0.25, 0.3) is 10.8 Å². The van der Waals surface area contributed by atoms with Gasteiger partial charge in [-0.15, -0.1) is 0 Å². The zero-order valence-corrected chi connectivity index (χ0v) is 15.4. The molecule has 5 heteroatoms. The molecular weight excluding hydrogens is 355 g/mol. The summed E-state index contributed by atoms with van der Waals surface area (Å²) in [7, 11) is 0. The van der Waals surface area contributed by atoms with E-state index in [1.807, 2.05) is 42.5 Å². The first-order valence-corrected chi connectivity index (χ1v) is 9.40. The summed E-state index contributed by atoms with van der Waals surface area (Å²) in [6.45, 7) is 0. The van der Waals surface area contributed by atoms with Crippen LogP contribution in [0.5, 0.6) is 0 Å². The van der Waals surface area contributed by atoms with Crippen molar-refractivity contribution in [3.8, 4) is 0 Å². The van der Waals surface area contributed by atoms with Gasteiger partial charge in [0.15, 0.2) is 0 Å². The number of amides is 2. The summed E-state index contributed by atoms with van der Waals surface area (Å²) in [5.41, 5.74) is 6.10. The summed E-state index contributed by atoms with van der Waals surface area (Å²) in [6, 6.07) is 19.7. The number of fused-ring (bicyclic) bond motifs is 1. The molecule has 1 saturated carbocycles. The zero-order chi connectivity index (χ0) is 19.6. The lowest BCUT2D eigenvalue weighted by molar-refractivity contribution is -0.134. The maximum Gasteiger partial charge on any atom is 0.249 e. The van der Waals surface area contributed by atoms with E-state index in [0.29, 0.717) is 12.8 Å². The molecule has 1 fully saturated rings. The number of benzene rings is 3. The third kappa shape index (κ3) is 3.36. The Hall–Kier alpha value is -3.21. The summed E-state index contributed by atoms with van der Waals surface area (Å²) in [4.78, 5) is 25.2. The molecule has 0 saturated heterocycles. The molecule has 3 aromatic carbocycles.